The van der Waals surface area contributed by atoms with Crippen molar-refractivity contribution in [3.63, 3.8) is 0 Å². The van der Waals surface area contributed by atoms with Gasteiger partial charge in [0.2, 0.25) is 15.9 Å². The van der Waals surface area contributed by atoms with E-state index in [1.807, 2.05) is 24.0 Å². The van der Waals surface area contributed by atoms with Gasteiger partial charge in [-0.3, -0.25) is 13.9 Å². The number of carbonyl (C=O) groups excluding carboxylic acids is 2. The van der Waals surface area contributed by atoms with Gasteiger partial charge >= 0.3 is 0 Å². The van der Waals surface area contributed by atoms with Crippen molar-refractivity contribution in [2.24, 2.45) is 0 Å². The van der Waals surface area contributed by atoms with Crippen LogP contribution in [-0.2, 0) is 21.2 Å². The number of nitrogens with zero attached hydrogens (tertiary/aromatic N) is 2. The SMILES string of the molecule is CCc1ccc(N(CC(=O)Nc2ccccc2C(=O)N2CCCCCC2)S(C)(=O)=O)cc1. The number of aryl methyl sites for hydroxylation is 1. The zero-order valence-corrected chi connectivity index (χ0v) is 19.5. The van der Waals surface area contributed by atoms with Gasteiger partial charge in [-0.2, -0.15) is 0 Å². The monoisotopic (exact) mass is 457 g/mol. The molecule has 1 N–H and O–H groups in total. The second-order valence-corrected chi connectivity index (χ2v) is 10.00. The number of rotatable bonds is 7. The van der Waals surface area contributed by atoms with Crippen LogP contribution in [-0.4, -0.2) is 51.0 Å². The minimum Gasteiger partial charge on any atom is -0.339 e. The van der Waals surface area contributed by atoms with Crippen LogP contribution in [0.15, 0.2) is 48.5 Å². The van der Waals surface area contributed by atoms with Crippen molar-refractivity contribution in [3.8, 4) is 0 Å². The summed E-state index contributed by atoms with van der Waals surface area (Å²) in [4.78, 5) is 27.7. The summed E-state index contributed by atoms with van der Waals surface area (Å²) in [5.41, 5.74) is 2.31. The first kappa shape index (κ1) is 23.8. The molecule has 0 saturated carbocycles. The number of nitrogens with one attached hydrogen (secondary N) is 1. The first-order valence-corrected chi connectivity index (χ1v) is 12.9. The number of likely N-dealkylation sites (tertiary alicyclic amines) is 1. The largest absolute Gasteiger partial charge is 0.339 e. The standard InChI is InChI=1S/C24H31N3O4S/c1-3-19-12-14-20(15-13-19)27(32(2,30)31)18-23(28)25-22-11-7-6-10-21(22)24(29)26-16-8-4-5-9-17-26/h6-7,10-15H,3-5,8-9,16-18H2,1-2H3,(H,25,28). The topological polar surface area (TPSA) is 86.8 Å². The van der Waals surface area contributed by atoms with E-state index in [1.165, 1.54) is 0 Å². The molecule has 8 heteroatoms. The maximum Gasteiger partial charge on any atom is 0.255 e. The number of para-hydroxylation sites is 1. The fourth-order valence-electron chi connectivity index (χ4n) is 3.84. The van der Waals surface area contributed by atoms with Crippen molar-refractivity contribution in [3.05, 3.63) is 59.7 Å². The summed E-state index contributed by atoms with van der Waals surface area (Å²) in [5, 5.41) is 2.75. The van der Waals surface area contributed by atoms with Crippen molar-refractivity contribution in [1.82, 2.24) is 4.90 Å². The number of hydrogen-bond donors (Lipinski definition) is 1. The molecular formula is C24H31N3O4S. The molecule has 0 bridgehead atoms. The molecule has 7 nitrogen and oxygen atoms in total. The summed E-state index contributed by atoms with van der Waals surface area (Å²) < 4.78 is 25.8. The average Bonchev–Trinajstić information content (AvgIpc) is 3.06. The number of sulfonamides is 1. The van der Waals surface area contributed by atoms with Crippen molar-refractivity contribution in [1.29, 1.82) is 0 Å². The lowest BCUT2D eigenvalue weighted by Crippen LogP contribution is -2.38. The van der Waals surface area contributed by atoms with E-state index < -0.39 is 15.9 Å². The Morgan fingerprint density at radius 1 is 0.969 bits per heavy atom. The molecule has 1 saturated heterocycles. The average molecular weight is 458 g/mol. The number of carbonyl (C=O) groups is 2. The highest BCUT2D eigenvalue weighted by atomic mass is 32.2. The summed E-state index contributed by atoms with van der Waals surface area (Å²) in [6.07, 6.45) is 6.08. The minimum atomic E-state index is -3.68. The summed E-state index contributed by atoms with van der Waals surface area (Å²) in [7, 11) is -3.68. The molecule has 3 rings (SSSR count). The number of anilines is 2. The second kappa shape index (κ2) is 10.6. The second-order valence-electron chi connectivity index (χ2n) is 8.09. The Bertz CT molecular complexity index is 1040. The Labute approximate surface area is 190 Å². The van der Waals surface area contributed by atoms with Gasteiger partial charge in [0.05, 0.1) is 23.2 Å². The first-order chi connectivity index (χ1) is 15.3. The lowest BCUT2D eigenvalue weighted by atomic mass is 10.1. The van der Waals surface area contributed by atoms with Crippen molar-refractivity contribution >= 4 is 33.2 Å². The summed E-state index contributed by atoms with van der Waals surface area (Å²) in [5.74, 6) is -0.621. The summed E-state index contributed by atoms with van der Waals surface area (Å²) >= 11 is 0. The fraction of sp³-hybridized carbons (Fsp3) is 0.417. The molecule has 32 heavy (non-hydrogen) atoms. The highest BCUT2D eigenvalue weighted by Gasteiger charge is 2.23. The Kier molecular flexibility index (Phi) is 7.90. The van der Waals surface area contributed by atoms with Gasteiger partial charge in [-0.15, -0.1) is 0 Å². The van der Waals surface area contributed by atoms with Crippen LogP contribution in [0.1, 0.15) is 48.5 Å². The fourth-order valence-corrected chi connectivity index (χ4v) is 4.70. The molecule has 1 aliphatic rings. The quantitative estimate of drug-likeness (QED) is 0.687. The Balaban J connectivity index is 1.77. The Morgan fingerprint density at radius 2 is 1.59 bits per heavy atom. The van der Waals surface area contributed by atoms with Crippen LogP contribution >= 0.6 is 0 Å². The summed E-state index contributed by atoms with van der Waals surface area (Å²) in [6.45, 7) is 3.05. The van der Waals surface area contributed by atoms with Crippen LogP contribution in [0.4, 0.5) is 11.4 Å². The van der Waals surface area contributed by atoms with Gasteiger partial charge in [0, 0.05) is 13.1 Å². The molecule has 0 spiro atoms. The maximum absolute atomic E-state index is 13.1. The molecule has 0 aliphatic carbocycles. The predicted molar refractivity (Wildman–Crippen MR) is 127 cm³/mol. The zero-order valence-electron chi connectivity index (χ0n) is 18.7. The van der Waals surface area contributed by atoms with E-state index >= 15 is 0 Å². The molecule has 0 unspecified atom stereocenters. The van der Waals surface area contributed by atoms with Crippen molar-refractivity contribution < 1.29 is 18.0 Å². The summed E-state index contributed by atoms with van der Waals surface area (Å²) in [6, 6.07) is 14.0. The molecule has 1 fully saturated rings. The third-order valence-corrected chi connectivity index (χ3v) is 6.79. The van der Waals surface area contributed by atoms with Crippen LogP contribution in [0.3, 0.4) is 0 Å². The zero-order chi connectivity index (χ0) is 23.1. The molecule has 0 aromatic heterocycles. The van der Waals surface area contributed by atoms with E-state index in [2.05, 4.69) is 5.32 Å². The molecule has 0 atom stereocenters. The highest BCUT2D eigenvalue weighted by molar-refractivity contribution is 7.92. The van der Waals surface area contributed by atoms with Crippen LogP contribution in [0, 0.1) is 0 Å². The van der Waals surface area contributed by atoms with Gasteiger partial charge in [0.1, 0.15) is 6.54 Å². The van der Waals surface area contributed by atoms with Gasteiger partial charge in [-0.1, -0.05) is 44.0 Å². The number of hydrogen-bond acceptors (Lipinski definition) is 4. The number of amides is 2. The predicted octanol–water partition coefficient (Wildman–Crippen LogP) is 3.67. The van der Waals surface area contributed by atoms with E-state index in [0.29, 0.717) is 30.0 Å². The van der Waals surface area contributed by atoms with E-state index in [1.54, 1.807) is 36.4 Å². The number of benzene rings is 2. The smallest absolute Gasteiger partial charge is 0.255 e. The molecule has 2 aromatic carbocycles. The first-order valence-electron chi connectivity index (χ1n) is 11.0. The van der Waals surface area contributed by atoms with Gasteiger partial charge in [0.15, 0.2) is 0 Å². The Morgan fingerprint density at radius 3 is 2.19 bits per heavy atom. The molecule has 2 amide bonds. The molecule has 172 valence electrons. The van der Waals surface area contributed by atoms with E-state index in [9.17, 15) is 18.0 Å². The van der Waals surface area contributed by atoms with Crippen LogP contribution in [0.25, 0.3) is 0 Å². The molecule has 1 aliphatic heterocycles. The van der Waals surface area contributed by atoms with Crippen LogP contribution in [0.5, 0.6) is 0 Å². The lowest BCUT2D eigenvalue weighted by molar-refractivity contribution is -0.114. The normalized spacial score (nSPS) is 14.5. The van der Waals surface area contributed by atoms with E-state index in [4.69, 9.17) is 0 Å². The maximum atomic E-state index is 13.1. The van der Waals surface area contributed by atoms with Gasteiger partial charge in [-0.25, -0.2) is 8.42 Å². The lowest BCUT2D eigenvalue weighted by Gasteiger charge is -2.24. The van der Waals surface area contributed by atoms with Gasteiger partial charge < -0.3 is 10.2 Å². The van der Waals surface area contributed by atoms with Crippen LogP contribution < -0.4 is 9.62 Å². The molecule has 2 aromatic rings. The van der Waals surface area contributed by atoms with Gasteiger partial charge in [-0.05, 0) is 49.1 Å². The highest BCUT2D eigenvalue weighted by Crippen LogP contribution is 2.22. The van der Waals surface area contributed by atoms with E-state index in [0.717, 1.165) is 48.2 Å². The Hall–Kier alpha value is -2.87. The van der Waals surface area contributed by atoms with Crippen molar-refractivity contribution in [2.45, 2.75) is 39.0 Å². The van der Waals surface area contributed by atoms with Gasteiger partial charge in [0.25, 0.3) is 5.91 Å². The molecular weight excluding hydrogens is 426 g/mol. The van der Waals surface area contributed by atoms with Crippen LogP contribution in [0.2, 0.25) is 0 Å². The van der Waals surface area contributed by atoms with E-state index in [-0.39, 0.29) is 12.5 Å². The third kappa shape index (κ3) is 6.09. The third-order valence-electron chi connectivity index (χ3n) is 5.64. The molecule has 1 heterocycles. The van der Waals surface area contributed by atoms with Crippen molar-refractivity contribution in [2.75, 3.05) is 35.5 Å². The minimum absolute atomic E-state index is 0.113. The molecule has 0 radical (unpaired) electrons.